The Kier molecular flexibility index (Phi) is 5.48. The lowest BCUT2D eigenvalue weighted by atomic mass is 10.0. The van der Waals surface area contributed by atoms with Gasteiger partial charge in [0.1, 0.15) is 5.82 Å². The van der Waals surface area contributed by atoms with Gasteiger partial charge in [0.2, 0.25) is 5.91 Å². The zero-order chi connectivity index (χ0) is 17.8. The Bertz CT molecular complexity index is 757. The maximum atomic E-state index is 13.7. The van der Waals surface area contributed by atoms with Crippen molar-refractivity contribution in [3.63, 3.8) is 0 Å². The number of carbonyl (C=O) groups excluding carboxylic acids is 1. The molecular weight excluding hydrogens is 321 g/mol. The SMILES string of the molecule is CCCC(=O)N1CCc2c(c(COCc3ccccc3F)nn2C)C1. The van der Waals surface area contributed by atoms with Gasteiger partial charge in [-0.1, -0.05) is 25.1 Å². The first kappa shape index (κ1) is 17.6. The third kappa shape index (κ3) is 3.90. The van der Waals surface area contributed by atoms with Crippen molar-refractivity contribution in [3.8, 4) is 0 Å². The third-order valence-corrected chi connectivity index (χ3v) is 4.60. The maximum Gasteiger partial charge on any atom is 0.222 e. The van der Waals surface area contributed by atoms with Crippen LogP contribution in [0.3, 0.4) is 0 Å². The average Bonchev–Trinajstić information content (AvgIpc) is 2.92. The highest BCUT2D eigenvalue weighted by Gasteiger charge is 2.26. The summed E-state index contributed by atoms with van der Waals surface area (Å²) in [7, 11) is 1.92. The summed E-state index contributed by atoms with van der Waals surface area (Å²) in [5, 5.41) is 4.55. The Morgan fingerprint density at radius 3 is 2.88 bits per heavy atom. The van der Waals surface area contributed by atoms with Gasteiger partial charge in [-0.05, 0) is 12.5 Å². The van der Waals surface area contributed by atoms with Crippen molar-refractivity contribution >= 4 is 5.91 Å². The summed E-state index contributed by atoms with van der Waals surface area (Å²) < 4.78 is 21.2. The lowest BCUT2D eigenvalue weighted by molar-refractivity contribution is -0.132. The van der Waals surface area contributed by atoms with Crippen molar-refractivity contribution in [2.24, 2.45) is 7.05 Å². The number of fused-ring (bicyclic) bond motifs is 1. The fourth-order valence-corrected chi connectivity index (χ4v) is 3.24. The molecule has 0 unspecified atom stereocenters. The van der Waals surface area contributed by atoms with Gasteiger partial charge in [-0.15, -0.1) is 0 Å². The van der Waals surface area contributed by atoms with Crippen molar-refractivity contribution in [1.29, 1.82) is 0 Å². The minimum atomic E-state index is -0.262. The van der Waals surface area contributed by atoms with Gasteiger partial charge in [0.15, 0.2) is 0 Å². The molecule has 5 nitrogen and oxygen atoms in total. The standard InChI is InChI=1S/C19H24FN3O2/c1-3-6-19(24)23-10-9-18-15(11-23)17(21-22(18)2)13-25-12-14-7-4-5-8-16(14)20/h4-5,7-8H,3,6,9-13H2,1-2H3. The van der Waals surface area contributed by atoms with E-state index in [0.29, 0.717) is 25.1 Å². The quantitative estimate of drug-likeness (QED) is 0.809. The summed E-state index contributed by atoms with van der Waals surface area (Å²) in [6.45, 7) is 3.85. The van der Waals surface area contributed by atoms with Gasteiger partial charge in [0, 0.05) is 49.8 Å². The number of rotatable bonds is 6. The monoisotopic (exact) mass is 345 g/mol. The summed E-state index contributed by atoms with van der Waals surface area (Å²) in [4.78, 5) is 14.1. The lowest BCUT2D eigenvalue weighted by Gasteiger charge is -2.27. The van der Waals surface area contributed by atoms with E-state index in [4.69, 9.17) is 4.74 Å². The number of nitrogens with zero attached hydrogens (tertiary/aromatic N) is 3. The molecule has 0 spiro atoms. The fourth-order valence-electron chi connectivity index (χ4n) is 3.24. The molecule has 1 amide bonds. The highest BCUT2D eigenvalue weighted by molar-refractivity contribution is 5.76. The van der Waals surface area contributed by atoms with E-state index in [1.54, 1.807) is 18.2 Å². The molecule has 1 aliphatic rings. The maximum absolute atomic E-state index is 13.7. The minimum absolute atomic E-state index is 0.190. The van der Waals surface area contributed by atoms with Crippen LogP contribution < -0.4 is 0 Å². The zero-order valence-electron chi connectivity index (χ0n) is 14.8. The second kappa shape index (κ2) is 7.78. The lowest BCUT2D eigenvalue weighted by Crippen LogP contribution is -2.36. The van der Waals surface area contributed by atoms with E-state index in [1.807, 2.05) is 23.6 Å². The van der Waals surface area contributed by atoms with E-state index >= 15 is 0 Å². The van der Waals surface area contributed by atoms with Crippen LogP contribution in [0.15, 0.2) is 24.3 Å². The molecule has 0 fully saturated rings. The number of amides is 1. The number of carbonyl (C=O) groups is 1. The van der Waals surface area contributed by atoms with Crippen molar-refractivity contribution in [3.05, 3.63) is 52.6 Å². The Labute approximate surface area is 147 Å². The second-order valence-corrected chi connectivity index (χ2v) is 6.40. The van der Waals surface area contributed by atoms with Crippen LogP contribution in [0.5, 0.6) is 0 Å². The fraction of sp³-hybridized carbons (Fsp3) is 0.474. The molecule has 134 valence electrons. The molecule has 0 radical (unpaired) electrons. The van der Waals surface area contributed by atoms with Crippen LogP contribution in [-0.2, 0) is 42.8 Å². The number of aryl methyl sites for hydroxylation is 1. The highest BCUT2D eigenvalue weighted by atomic mass is 19.1. The Morgan fingerprint density at radius 2 is 2.12 bits per heavy atom. The van der Waals surface area contributed by atoms with Gasteiger partial charge < -0.3 is 9.64 Å². The van der Waals surface area contributed by atoms with Crippen LogP contribution in [0.1, 0.15) is 42.3 Å². The summed E-state index contributed by atoms with van der Waals surface area (Å²) >= 11 is 0. The molecule has 0 aliphatic carbocycles. The number of halogens is 1. The van der Waals surface area contributed by atoms with E-state index in [-0.39, 0.29) is 18.3 Å². The number of aromatic nitrogens is 2. The molecule has 25 heavy (non-hydrogen) atoms. The molecule has 1 aromatic carbocycles. The first-order valence-electron chi connectivity index (χ1n) is 8.72. The Hall–Kier alpha value is -2.21. The molecule has 1 aliphatic heterocycles. The largest absolute Gasteiger partial charge is 0.370 e. The average molecular weight is 345 g/mol. The second-order valence-electron chi connectivity index (χ2n) is 6.40. The van der Waals surface area contributed by atoms with Crippen molar-refractivity contribution < 1.29 is 13.9 Å². The molecule has 0 bridgehead atoms. The number of ether oxygens (including phenoxy) is 1. The normalized spacial score (nSPS) is 13.8. The van der Waals surface area contributed by atoms with Gasteiger partial charge in [-0.2, -0.15) is 5.10 Å². The summed E-state index contributed by atoms with van der Waals surface area (Å²) in [5.41, 5.74) is 3.60. The summed E-state index contributed by atoms with van der Waals surface area (Å²) in [6.07, 6.45) is 2.24. The van der Waals surface area contributed by atoms with E-state index in [0.717, 1.165) is 36.3 Å². The number of hydrogen-bond acceptors (Lipinski definition) is 3. The zero-order valence-corrected chi connectivity index (χ0v) is 14.8. The minimum Gasteiger partial charge on any atom is -0.370 e. The molecule has 0 N–H and O–H groups in total. The van der Waals surface area contributed by atoms with Crippen molar-refractivity contribution in [2.75, 3.05) is 6.54 Å². The summed E-state index contributed by atoms with van der Waals surface area (Å²) in [6, 6.07) is 6.60. The van der Waals surface area contributed by atoms with Crippen LogP contribution in [-0.4, -0.2) is 27.1 Å². The molecule has 0 saturated heterocycles. The summed E-state index contributed by atoms with van der Waals surface area (Å²) in [5.74, 6) is -0.0721. The number of benzene rings is 1. The smallest absolute Gasteiger partial charge is 0.222 e. The molecule has 2 aromatic rings. The van der Waals surface area contributed by atoms with Crippen LogP contribution in [0.2, 0.25) is 0 Å². The topological polar surface area (TPSA) is 47.4 Å². The molecule has 1 aromatic heterocycles. The van der Waals surface area contributed by atoms with Gasteiger partial charge in [-0.25, -0.2) is 4.39 Å². The number of hydrogen-bond donors (Lipinski definition) is 0. The predicted octanol–water partition coefficient (Wildman–Crippen LogP) is 2.96. The van der Waals surface area contributed by atoms with E-state index < -0.39 is 0 Å². The molecule has 0 atom stereocenters. The van der Waals surface area contributed by atoms with E-state index in [9.17, 15) is 9.18 Å². The van der Waals surface area contributed by atoms with Crippen LogP contribution in [0.25, 0.3) is 0 Å². The molecule has 6 heteroatoms. The molecule has 0 saturated carbocycles. The first-order chi connectivity index (χ1) is 12.1. The van der Waals surface area contributed by atoms with Crippen LogP contribution >= 0.6 is 0 Å². The Morgan fingerprint density at radius 1 is 1.32 bits per heavy atom. The highest BCUT2D eigenvalue weighted by Crippen LogP contribution is 2.23. The van der Waals surface area contributed by atoms with Gasteiger partial charge in [0.05, 0.1) is 18.9 Å². The van der Waals surface area contributed by atoms with Gasteiger partial charge in [0.25, 0.3) is 0 Å². The van der Waals surface area contributed by atoms with Gasteiger partial charge >= 0.3 is 0 Å². The predicted molar refractivity (Wildman–Crippen MR) is 92.1 cm³/mol. The molecule has 2 heterocycles. The van der Waals surface area contributed by atoms with Crippen molar-refractivity contribution in [1.82, 2.24) is 14.7 Å². The van der Waals surface area contributed by atoms with Crippen molar-refractivity contribution in [2.45, 2.75) is 45.9 Å². The Balaban J connectivity index is 1.67. The first-order valence-corrected chi connectivity index (χ1v) is 8.72. The molecule has 3 rings (SSSR count). The third-order valence-electron chi connectivity index (χ3n) is 4.60. The van der Waals surface area contributed by atoms with Crippen LogP contribution in [0.4, 0.5) is 4.39 Å². The van der Waals surface area contributed by atoms with E-state index in [2.05, 4.69) is 5.10 Å². The van der Waals surface area contributed by atoms with Gasteiger partial charge in [-0.3, -0.25) is 9.48 Å². The van der Waals surface area contributed by atoms with Crippen LogP contribution in [0, 0.1) is 5.82 Å². The molecular formula is C19H24FN3O2. The van der Waals surface area contributed by atoms with E-state index in [1.165, 1.54) is 6.07 Å².